The van der Waals surface area contributed by atoms with Gasteiger partial charge in [0, 0.05) is 17.5 Å². The van der Waals surface area contributed by atoms with E-state index in [0.717, 1.165) is 11.3 Å². The smallest absolute Gasteiger partial charge is 0.348 e. The zero-order chi connectivity index (χ0) is 15.0. The predicted molar refractivity (Wildman–Crippen MR) is 79.6 cm³/mol. The van der Waals surface area contributed by atoms with Crippen LogP contribution in [0.1, 0.15) is 0 Å². The van der Waals surface area contributed by atoms with E-state index in [4.69, 9.17) is 20.2 Å². The maximum atomic E-state index is 12.1. The molecule has 2 heterocycles. The molecule has 0 bridgehead atoms. The van der Waals surface area contributed by atoms with Crippen LogP contribution >= 0.6 is 22.9 Å². The Hall–Kier alpha value is -1.83. The molecule has 0 radical (unpaired) electrons. The second-order valence-electron chi connectivity index (χ2n) is 4.05. The zero-order valence-corrected chi connectivity index (χ0v) is 12.7. The Kier molecular flexibility index (Phi) is 3.48. The van der Waals surface area contributed by atoms with Crippen LogP contribution in [0.3, 0.4) is 0 Å². The summed E-state index contributed by atoms with van der Waals surface area (Å²) in [6.45, 7) is 0. The van der Waals surface area contributed by atoms with E-state index in [1.165, 1.54) is 30.3 Å². The van der Waals surface area contributed by atoms with Crippen LogP contribution in [0.4, 0.5) is 0 Å². The minimum atomic E-state index is -3.96. The van der Waals surface area contributed by atoms with Crippen molar-refractivity contribution in [2.75, 3.05) is 0 Å². The van der Waals surface area contributed by atoms with Crippen LogP contribution in [-0.2, 0) is 10.1 Å². The van der Waals surface area contributed by atoms with Crippen LogP contribution in [0.25, 0.3) is 11.0 Å². The maximum Gasteiger partial charge on any atom is 0.348 e. The Morgan fingerprint density at radius 3 is 2.57 bits per heavy atom. The molecule has 0 atom stereocenters. The van der Waals surface area contributed by atoms with Gasteiger partial charge >= 0.3 is 15.7 Å². The van der Waals surface area contributed by atoms with Crippen molar-refractivity contribution in [3.05, 3.63) is 57.2 Å². The summed E-state index contributed by atoms with van der Waals surface area (Å²) in [5.74, 6) is 0.0568. The zero-order valence-electron chi connectivity index (χ0n) is 10.3. The second-order valence-corrected chi connectivity index (χ2v) is 7.54. The second kappa shape index (κ2) is 5.18. The van der Waals surface area contributed by atoms with Gasteiger partial charge in [-0.05, 0) is 30.3 Å². The van der Waals surface area contributed by atoms with E-state index >= 15 is 0 Å². The van der Waals surface area contributed by atoms with Crippen LogP contribution in [0.15, 0.2) is 55.9 Å². The van der Waals surface area contributed by atoms with Gasteiger partial charge in [-0.25, -0.2) is 4.79 Å². The van der Waals surface area contributed by atoms with Crippen molar-refractivity contribution in [1.29, 1.82) is 0 Å². The largest absolute Gasteiger partial charge is 0.423 e. The highest BCUT2D eigenvalue weighted by molar-refractivity contribution is 7.89. The average molecular weight is 343 g/mol. The Morgan fingerprint density at radius 2 is 1.86 bits per heavy atom. The van der Waals surface area contributed by atoms with Gasteiger partial charge in [0.2, 0.25) is 0 Å². The molecule has 5 nitrogen and oxygen atoms in total. The van der Waals surface area contributed by atoms with E-state index < -0.39 is 15.7 Å². The predicted octanol–water partition coefficient (Wildman–Crippen LogP) is 3.28. The number of halogens is 1. The van der Waals surface area contributed by atoms with Crippen LogP contribution in [0, 0.1) is 0 Å². The van der Waals surface area contributed by atoms with Crippen molar-refractivity contribution >= 4 is 44.0 Å². The Balaban J connectivity index is 1.99. The molecule has 0 aliphatic rings. The first kappa shape index (κ1) is 14.1. The van der Waals surface area contributed by atoms with Gasteiger partial charge < -0.3 is 8.60 Å². The SMILES string of the molecule is O=c1ccc2ccc(OS(=O)(=O)c3ccc(Cl)s3)cc2o1. The molecule has 0 spiro atoms. The number of hydrogen-bond acceptors (Lipinski definition) is 6. The molecule has 108 valence electrons. The Labute approximate surface area is 128 Å². The summed E-state index contributed by atoms with van der Waals surface area (Å²) in [5, 5.41) is 0.665. The normalized spacial score (nSPS) is 11.7. The van der Waals surface area contributed by atoms with Gasteiger partial charge in [0.25, 0.3) is 0 Å². The summed E-state index contributed by atoms with van der Waals surface area (Å²) in [6.07, 6.45) is 0. The molecule has 2 aromatic heterocycles. The fourth-order valence-corrected chi connectivity index (χ4v) is 4.06. The van der Waals surface area contributed by atoms with E-state index in [0.29, 0.717) is 9.72 Å². The third-order valence-corrected chi connectivity index (χ3v) is 5.52. The lowest BCUT2D eigenvalue weighted by molar-refractivity contribution is 0.487. The lowest BCUT2D eigenvalue weighted by atomic mass is 10.2. The third-order valence-electron chi connectivity index (χ3n) is 2.60. The average Bonchev–Trinajstić information content (AvgIpc) is 2.85. The number of rotatable bonds is 3. The number of hydrogen-bond donors (Lipinski definition) is 0. The highest BCUT2D eigenvalue weighted by Crippen LogP contribution is 2.29. The van der Waals surface area contributed by atoms with Gasteiger partial charge in [-0.15, -0.1) is 11.3 Å². The lowest BCUT2D eigenvalue weighted by Gasteiger charge is -2.05. The fourth-order valence-electron chi connectivity index (χ4n) is 1.69. The van der Waals surface area contributed by atoms with Crippen molar-refractivity contribution in [3.8, 4) is 5.75 Å². The van der Waals surface area contributed by atoms with E-state index in [1.54, 1.807) is 12.1 Å². The molecule has 1 aromatic carbocycles. The maximum absolute atomic E-state index is 12.1. The summed E-state index contributed by atoms with van der Waals surface area (Å²) in [5.41, 5.74) is -0.271. The summed E-state index contributed by atoms with van der Waals surface area (Å²) < 4.78 is 34.4. The molecule has 0 unspecified atom stereocenters. The molecule has 0 N–H and O–H groups in total. The van der Waals surface area contributed by atoms with Crippen LogP contribution < -0.4 is 9.81 Å². The molecule has 3 rings (SSSR count). The van der Waals surface area contributed by atoms with Gasteiger partial charge in [0.15, 0.2) is 4.21 Å². The molecule has 0 fully saturated rings. The molecule has 0 saturated heterocycles. The van der Waals surface area contributed by atoms with Crippen molar-refractivity contribution in [1.82, 2.24) is 0 Å². The van der Waals surface area contributed by atoms with Gasteiger partial charge in [-0.3, -0.25) is 0 Å². The lowest BCUT2D eigenvalue weighted by Crippen LogP contribution is -2.07. The summed E-state index contributed by atoms with van der Waals surface area (Å²) in [4.78, 5) is 11.2. The van der Waals surface area contributed by atoms with Gasteiger partial charge in [0.05, 0.1) is 4.34 Å². The van der Waals surface area contributed by atoms with Gasteiger partial charge in [-0.2, -0.15) is 8.42 Å². The van der Waals surface area contributed by atoms with Crippen molar-refractivity contribution < 1.29 is 17.0 Å². The third kappa shape index (κ3) is 2.94. The van der Waals surface area contributed by atoms with E-state index in [1.807, 2.05) is 0 Å². The first-order valence-corrected chi connectivity index (χ1v) is 8.28. The Bertz CT molecular complexity index is 971. The minimum absolute atomic E-state index is 0.00195. The number of thiophene rings is 1. The van der Waals surface area contributed by atoms with E-state index in [-0.39, 0.29) is 15.5 Å². The molecule has 21 heavy (non-hydrogen) atoms. The molecule has 3 aromatic rings. The molecular formula is C13H7ClO5S2. The standard InChI is InChI=1S/C13H7ClO5S2/c14-11-4-6-13(20-11)21(16,17)19-9-3-1-8-2-5-12(15)18-10(8)7-9/h1-7H. The summed E-state index contributed by atoms with van der Waals surface area (Å²) >= 11 is 6.61. The fraction of sp³-hybridized carbons (Fsp3) is 0. The molecule has 0 saturated carbocycles. The molecule has 8 heteroatoms. The molecule has 0 amide bonds. The molecule has 0 aliphatic carbocycles. The Morgan fingerprint density at radius 1 is 1.10 bits per heavy atom. The first-order chi connectivity index (χ1) is 9.94. The van der Waals surface area contributed by atoms with Crippen LogP contribution in [0.2, 0.25) is 4.34 Å². The molecule has 0 aliphatic heterocycles. The van der Waals surface area contributed by atoms with Crippen LogP contribution in [-0.4, -0.2) is 8.42 Å². The minimum Gasteiger partial charge on any atom is -0.423 e. The first-order valence-electron chi connectivity index (χ1n) is 5.68. The van der Waals surface area contributed by atoms with E-state index in [2.05, 4.69) is 0 Å². The number of fused-ring (bicyclic) bond motifs is 1. The van der Waals surface area contributed by atoms with Gasteiger partial charge in [0.1, 0.15) is 11.3 Å². The quantitative estimate of drug-likeness (QED) is 0.539. The highest BCUT2D eigenvalue weighted by atomic mass is 35.5. The monoisotopic (exact) mass is 342 g/mol. The summed E-state index contributed by atoms with van der Waals surface area (Å²) in [7, 11) is -3.96. The van der Waals surface area contributed by atoms with Gasteiger partial charge in [-0.1, -0.05) is 11.6 Å². The van der Waals surface area contributed by atoms with Crippen molar-refractivity contribution in [2.45, 2.75) is 4.21 Å². The summed E-state index contributed by atoms with van der Waals surface area (Å²) in [6, 6.07) is 10.1. The number of benzene rings is 1. The van der Waals surface area contributed by atoms with Crippen molar-refractivity contribution in [2.24, 2.45) is 0 Å². The van der Waals surface area contributed by atoms with Crippen LogP contribution in [0.5, 0.6) is 5.75 Å². The molecular weight excluding hydrogens is 336 g/mol. The topological polar surface area (TPSA) is 73.6 Å². The van der Waals surface area contributed by atoms with E-state index in [9.17, 15) is 13.2 Å². The van der Waals surface area contributed by atoms with Crippen molar-refractivity contribution in [3.63, 3.8) is 0 Å². The highest BCUT2D eigenvalue weighted by Gasteiger charge is 2.19.